The Kier molecular flexibility index (Phi) is 3.42. The molecule has 1 fully saturated rings. The largest absolute Gasteiger partial charge is 0.464 e. The third-order valence-corrected chi connectivity index (χ3v) is 8.24. The van der Waals surface area contributed by atoms with Crippen molar-refractivity contribution in [1.29, 1.82) is 0 Å². The van der Waals surface area contributed by atoms with Gasteiger partial charge in [-0.25, -0.2) is 8.42 Å². The fraction of sp³-hybridized carbons (Fsp3) is 0.263. The number of furan rings is 1. The molecule has 0 saturated carbocycles. The molecule has 2 unspecified atom stereocenters. The van der Waals surface area contributed by atoms with Gasteiger partial charge in [-0.2, -0.15) is 11.3 Å². The second-order valence-electron chi connectivity index (χ2n) is 6.75. The summed E-state index contributed by atoms with van der Waals surface area (Å²) in [7, 11) is -3.25. The van der Waals surface area contributed by atoms with Crippen LogP contribution in [0.4, 0.5) is 0 Å². The van der Waals surface area contributed by atoms with Gasteiger partial charge in [0.05, 0.1) is 16.4 Å². The lowest BCUT2D eigenvalue weighted by Gasteiger charge is -2.16. The van der Waals surface area contributed by atoms with Crippen molar-refractivity contribution in [2.45, 2.75) is 22.6 Å². The molecule has 0 amide bonds. The Morgan fingerprint density at radius 3 is 2.88 bits per heavy atom. The molecule has 2 aromatic heterocycles. The van der Waals surface area contributed by atoms with Crippen LogP contribution in [0.3, 0.4) is 0 Å². The van der Waals surface area contributed by atoms with E-state index in [0.717, 1.165) is 30.0 Å². The zero-order chi connectivity index (χ0) is 17.0. The van der Waals surface area contributed by atoms with Gasteiger partial charge in [-0.1, -0.05) is 0 Å². The highest BCUT2D eigenvalue weighted by molar-refractivity contribution is 7.92. The summed E-state index contributed by atoms with van der Waals surface area (Å²) in [5.74, 6) is 0.824. The Labute approximate surface area is 150 Å². The molecule has 0 radical (unpaired) electrons. The minimum absolute atomic E-state index is 0.0496. The number of thiophene rings is 1. The summed E-state index contributed by atoms with van der Waals surface area (Å²) in [4.78, 5) is 2.77. The number of benzene rings is 1. The van der Waals surface area contributed by atoms with Crippen molar-refractivity contribution in [3.8, 4) is 11.3 Å². The highest BCUT2D eigenvalue weighted by atomic mass is 32.2. The van der Waals surface area contributed by atoms with Crippen molar-refractivity contribution in [1.82, 2.24) is 4.90 Å². The molecule has 2 atom stereocenters. The summed E-state index contributed by atoms with van der Waals surface area (Å²) in [5.41, 5.74) is 3.15. The van der Waals surface area contributed by atoms with E-state index < -0.39 is 9.84 Å². The molecule has 4 nitrogen and oxygen atoms in total. The second-order valence-corrected chi connectivity index (χ2v) is 9.66. The van der Waals surface area contributed by atoms with E-state index in [2.05, 4.69) is 21.7 Å². The predicted molar refractivity (Wildman–Crippen MR) is 97.5 cm³/mol. The van der Waals surface area contributed by atoms with Crippen LogP contribution in [0.1, 0.15) is 17.0 Å². The normalized spacial score (nSPS) is 24.3. The SMILES string of the molecule is O=S1(=O)c2ccc(-c3ccco3)cc2C2CN(Cc3ccsc3)CC21. The van der Waals surface area contributed by atoms with E-state index in [4.69, 9.17) is 4.42 Å². The van der Waals surface area contributed by atoms with Gasteiger partial charge in [-0.15, -0.1) is 0 Å². The van der Waals surface area contributed by atoms with E-state index in [1.807, 2.05) is 24.3 Å². The molecular weight excluding hydrogens is 354 g/mol. The van der Waals surface area contributed by atoms with Crippen molar-refractivity contribution in [2.75, 3.05) is 13.1 Å². The Bertz CT molecular complexity index is 1010. The van der Waals surface area contributed by atoms with Gasteiger partial charge >= 0.3 is 0 Å². The highest BCUT2D eigenvalue weighted by Crippen LogP contribution is 2.46. The van der Waals surface area contributed by atoms with Crippen LogP contribution < -0.4 is 0 Å². The topological polar surface area (TPSA) is 50.5 Å². The van der Waals surface area contributed by atoms with Gasteiger partial charge in [0.1, 0.15) is 5.76 Å². The Balaban J connectivity index is 1.51. The molecule has 25 heavy (non-hydrogen) atoms. The third kappa shape index (κ3) is 2.39. The summed E-state index contributed by atoms with van der Waals surface area (Å²) >= 11 is 1.68. The van der Waals surface area contributed by atoms with Gasteiger partial charge in [0, 0.05) is 31.1 Å². The maximum absolute atomic E-state index is 13.0. The lowest BCUT2D eigenvalue weighted by Crippen LogP contribution is -2.25. The van der Waals surface area contributed by atoms with Crippen LogP contribution in [-0.2, 0) is 16.4 Å². The van der Waals surface area contributed by atoms with E-state index in [0.29, 0.717) is 11.4 Å². The first kappa shape index (κ1) is 15.4. The van der Waals surface area contributed by atoms with Crippen molar-refractivity contribution in [3.63, 3.8) is 0 Å². The smallest absolute Gasteiger partial charge is 0.183 e. The number of fused-ring (bicyclic) bond motifs is 3. The lowest BCUT2D eigenvalue weighted by molar-refractivity contribution is 0.326. The monoisotopic (exact) mass is 371 g/mol. The molecule has 0 N–H and O–H groups in total. The zero-order valence-electron chi connectivity index (χ0n) is 13.5. The number of likely N-dealkylation sites (tertiary alicyclic amines) is 1. The van der Waals surface area contributed by atoms with E-state index in [1.54, 1.807) is 23.7 Å². The number of sulfone groups is 1. The van der Waals surface area contributed by atoms with E-state index in [1.165, 1.54) is 5.56 Å². The first-order chi connectivity index (χ1) is 12.1. The molecule has 2 aliphatic rings. The molecule has 0 spiro atoms. The lowest BCUT2D eigenvalue weighted by atomic mass is 9.96. The van der Waals surface area contributed by atoms with Crippen LogP contribution in [0.25, 0.3) is 11.3 Å². The summed E-state index contributed by atoms with van der Waals surface area (Å²) < 4.78 is 31.4. The fourth-order valence-electron chi connectivity index (χ4n) is 4.09. The molecule has 1 saturated heterocycles. The first-order valence-electron chi connectivity index (χ1n) is 8.28. The van der Waals surface area contributed by atoms with Crippen LogP contribution in [0.5, 0.6) is 0 Å². The van der Waals surface area contributed by atoms with Crippen LogP contribution in [0.15, 0.2) is 62.7 Å². The molecule has 4 heterocycles. The van der Waals surface area contributed by atoms with E-state index >= 15 is 0 Å². The molecule has 128 valence electrons. The molecular formula is C19H17NO3S2. The quantitative estimate of drug-likeness (QED) is 0.703. The number of hydrogen-bond acceptors (Lipinski definition) is 5. The molecule has 0 aliphatic carbocycles. The second kappa shape index (κ2) is 5.56. The molecule has 6 heteroatoms. The van der Waals surface area contributed by atoms with Crippen molar-refractivity contribution in [3.05, 3.63) is 64.5 Å². The average Bonchev–Trinajstić information content (AvgIpc) is 3.37. The van der Waals surface area contributed by atoms with Gasteiger partial charge in [0.2, 0.25) is 0 Å². The minimum Gasteiger partial charge on any atom is -0.464 e. The van der Waals surface area contributed by atoms with Crippen molar-refractivity contribution >= 4 is 21.2 Å². The van der Waals surface area contributed by atoms with Crippen LogP contribution in [0, 0.1) is 0 Å². The van der Waals surface area contributed by atoms with Crippen molar-refractivity contribution in [2.24, 2.45) is 0 Å². The van der Waals surface area contributed by atoms with Gasteiger partial charge in [-0.05, 0) is 58.3 Å². The number of rotatable bonds is 3. The van der Waals surface area contributed by atoms with E-state index in [9.17, 15) is 8.42 Å². The summed E-state index contributed by atoms with van der Waals surface area (Å²) in [5, 5.41) is 3.87. The predicted octanol–water partition coefficient (Wildman–Crippen LogP) is 3.76. The maximum atomic E-state index is 13.0. The van der Waals surface area contributed by atoms with Crippen molar-refractivity contribution < 1.29 is 12.8 Å². The molecule has 0 bridgehead atoms. The maximum Gasteiger partial charge on any atom is 0.183 e. The van der Waals surface area contributed by atoms with Crippen LogP contribution in [0.2, 0.25) is 0 Å². The number of hydrogen-bond donors (Lipinski definition) is 0. The zero-order valence-corrected chi connectivity index (χ0v) is 15.1. The van der Waals surface area contributed by atoms with Gasteiger partial charge < -0.3 is 4.42 Å². The molecule has 1 aromatic carbocycles. The standard InChI is InChI=1S/C19H17NO3S2/c21-25(22)18-4-3-14(17-2-1-6-23-17)8-15(18)16-10-20(11-19(16)25)9-13-5-7-24-12-13/h1-8,12,16,19H,9-11H2. The Morgan fingerprint density at radius 1 is 1.20 bits per heavy atom. The summed E-state index contributed by atoms with van der Waals surface area (Å²) in [6, 6.07) is 11.5. The molecule has 2 aliphatic heterocycles. The number of nitrogens with zero attached hydrogens (tertiary/aromatic N) is 1. The van der Waals surface area contributed by atoms with E-state index in [-0.39, 0.29) is 11.2 Å². The Morgan fingerprint density at radius 2 is 2.12 bits per heavy atom. The fourth-order valence-corrected chi connectivity index (χ4v) is 6.95. The average molecular weight is 371 g/mol. The highest BCUT2D eigenvalue weighted by Gasteiger charge is 2.50. The molecule has 5 rings (SSSR count). The Hall–Kier alpha value is -1.89. The minimum atomic E-state index is -3.25. The first-order valence-corrected chi connectivity index (χ1v) is 10.8. The van der Waals surface area contributed by atoms with Gasteiger partial charge in [0.25, 0.3) is 0 Å². The molecule has 3 aromatic rings. The van der Waals surface area contributed by atoms with Crippen LogP contribution in [-0.4, -0.2) is 31.7 Å². The summed E-state index contributed by atoms with van der Waals surface area (Å²) in [6.45, 7) is 2.21. The summed E-state index contributed by atoms with van der Waals surface area (Å²) in [6.07, 6.45) is 1.64. The van der Waals surface area contributed by atoms with Gasteiger partial charge in [-0.3, -0.25) is 4.90 Å². The van der Waals surface area contributed by atoms with Crippen LogP contribution >= 0.6 is 11.3 Å². The third-order valence-electron chi connectivity index (χ3n) is 5.25. The van der Waals surface area contributed by atoms with Gasteiger partial charge in [0.15, 0.2) is 9.84 Å².